The largest absolute Gasteiger partial charge is 0.348 e. The van der Waals surface area contributed by atoms with E-state index in [0.29, 0.717) is 9.13 Å². The maximum atomic E-state index is 12.0. The zero-order chi connectivity index (χ0) is 13.1. The first-order valence-electron chi connectivity index (χ1n) is 5.53. The average molecular weight is 398 g/mol. The first-order valence-corrected chi connectivity index (χ1v) is 6.61. The number of non-ortho nitro benzene ring substituents is 1. The van der Waals surface area contributed by atoms with Crippen LogP contribution in [-0.4, -0.2) is 30.0 Å². The van der Waals surface area contributed by atoms with Crippen LogP contribution in [0, 0.1) is 13.7 Å². The van der Waals surface area contributed by atoms with E-state index in [1.807, 2.05) is 22.6 Å². The van der Waals surface area contributed by atoms with Gasteiger partial charge in [-0.2, -0.15) is 0 Å². The molecule has 6 nitrogen and oxygen atoms in total. The minimum atomic E-state index is -0.468. The second-order valence-electron chi connectivity index (χ2n) is 4.08. The van der Waals surface area contributed by atoms with Crippen molar-refractivity contribution < 1.29 is 9.72 Å². The quantitative estimate of drug-likeness (QED) is 0.462. The highest BCUT2D eigenvalue weighted by atomic mass is 127. The van der Waals surface area contributed by atoms with Crippen LogP contribution in [0.1, 0.15) is 16.8 Å². The van der Waals surface area contributed by atoms with Crippen LogP contribution in [0.4, 0.5) is 5.69 Å². The van der Waals surface area contributed by atoms with Gasteiger partial charge in [0.2, 0.25) is 0 Å². The minimum absolute atomic E-state index is 0. The Morgan fingerprint density at radius 1 is 1.53 bits per heavy atom. The van der Waals surface area contributed by atoms with E-state index in [2.05, 4.69) is 10.6 Å². The van der Waals surface area contributed by atoms with Crippen LogP contribution >= 0.6 is 35.0 Å². The van der Waals surface area contributed by atoms with Gasteiger partial charge in [-0.25, -0.2) is 0 Å². The molecule has 1 atom stereocenters. The molecule has 2 rings (SSSR count). The molecule has 0 spiro atoms. The topological polar surface area (TPSA) is 84.3 Å². The van der Waals surface area contributed by atoms with Crippen molar-refractivity contribution in [2.24, 2.45) is 0 Å². The van der Waals surface area contributed by atoms with Crippen molar-refractivity contribution in [1.82, 2.24) is 10.6 Å². The van der Waals surface area contributed by atoms with Crippen LogP contribution in [-0.2, 0) is 0 Å². The van der Waals surface area contributed by atoms with Gasteiger partial charge in [0.15, 0.2) is 0 Å². The first kappa shape index (κ1) is 16.1. The Morgan fingerprint density at radius 3 is 2.79 bits per heavy atom. The Hall–Kier alpha value is -0.930. The molecule has 0 radical (unpaired) electrons. The molecule has 1 heterocycles. The summed E-state index contributed by atoms with van der Waals surface area (Å²) in [6.45, 7) is 1.68. The average Bonchev–Trinajstić information content (AvgIpc) is 2.81. The van der Waals surface area contributed by atoms with Gasteiger partial charge in [0.05, 0.1) is 10.5 Å². The number of nitro groups is 1. The SMILES string of the molecule is Cl.O=C(NC1CCNC1)c1ccc([N+](=O)[O-])cc1I. The van der Waals surface area contributed by atoms with E-state index in [0.717, 1.165) is 19.5 Å². The van der Waals surface area contributed by atoms with Crippen LogP contribution in [0.25, 0.3) is 0 Å². The second-order valence-corrected chi connectivity index (χ2v) is 5.25. The molecular weight excluding hydrogens is 384 g/mol. The normalized spacial score (nSPS) is 17.6. The number of nitro benzene ring substituents is 1. The minimum Gasteiger partial charge on any atom is -0.348 e. The smallest absolute Gasteiger partial charge is 0.270 e. The zero-order valence-corrected chi connectivity index (χ0v) is 12.9. The van der Waals surface area contributed by atoms with Gasteiger partial charge in [-0.1, -0.05) is 0 Å². The number of carbonyl (C=O) groups is 1. The summed E-state index contributed by atoms with van der Waals surface area (Å²) in [5, 5.41) is 16.7. The monoisotopic (exact) mass is 397 g/mol. The lowest BCUT2D eigenvalue weighted by Gasteiger charge is -2.12. The number of hydrogen-bond donors (Lipinski definition) is 2. The molecule has 0 bridgehead atoms. The van der Waals surface area contributed by atoms with E-state index >= 15 is 0 Å². The van der Waals surface area contributed by atoms with Crippen LogP contribution in [0.3, 0.4) is 0 Å². The Kier molecular flexibility index (Phi) is 5.95. The molecule has 1 aromatic rings. The molecule has 8 heteroatoms. The summed E-state index contributed by atoms with van der Waals surface area (Å²) < 4.78 is 0.588. The maximum absolute atomic E-state index is 12.0. The van der Waals surface area contributed by atoms with Crippen molar-refractivity contribution in [2.45, 2.75) is 12.5 Å². The van der Waals surface area contributed by atoms with Gasteiger partial charge in [-0.15, -0.1) is 12.4 Å². The molecule has 1 aliphatic heterocycles. The van der Waals surface area contributed by atoms with Crippen molar-refractivity contribution in [3.63, 3.8) is 0 Å². The second kappa shape index (κ2) is 7.01. The van der Waals surface area contributed by atoms with Gasteiger partial charge < -0.3 is 10.6 Å². The molecule has 1 saturated heterocycles. The van der Waals surface area contributed by atoms with Crippen molar-refractivity contribution in [3.8, 4) is 0 Å². The Labute approximate surface area is 130 Å². The van der Waals surface area contributed by atoms with Crippen molar-refractivity contribution in [3.05, 3.63) is 37.4 Å². The fourth-order valence-corrected chi connectivity index (χ4v) is 2.59. The molecule has 1 aliphatic rings. The van der Waals surface area contributed by atoms with Crippen LogP contribution < -0.4 is 10.6 Å². The predicted molar refractivity (Wildman–Crippen MR) is 81.8 cm³/mol. The molecule has 1 unspecified atom stereocenters. The van der Waals surface area contributed by atoms with Gasteiger partial charge in [0, 0.05) is 28.3 Å². The fourth-order valence-electron chi connectivity index (χ4n) is 1.84. The van der Waals surface area contributed by atoms with Crippen molar-refractivity contribution in [2.75, 3.05) is 13.1 Å². The Morgan fingerprint density at radius 2 is 2.26 bits per heavy atom. The summed E-state index contributed by atoms with van der Waals surface area (Å²) in [5.74, 6) is -0.178. The lowest BCUT2D eigenvalue weighted by Crippen LogP contribution is -2.36. The number of carbonyl (C=O) groups excluding carboxylic acids is 1. The van der Waals surface area contributed by atoms with E-state index in [9.17, 15) is 14.9 Å². The highest BCUT2D eigenvalue weighted by Crippen LogP contribution is 2.19. The first-order chi connectivity index (χ1) is 8.58. The van der Waals surface area contributed by atoms with Crippen molar-refractivity contribution >= 4 is 46.6 Å². The maximum Gasteiger partial charge on any atom is 0.270 e. The van der Waals surface area contributed by atoms with E-state index in [4.69, 9.17) is 0 Å². The van der Waals surface area contributed by atoms with Gasteiger partial charge in [-0.3, -0.25) is 14.9 Å². The number of amides is 1. The number of benzene rings is 1. The number of nitrogens with zero attached hydrogens (tertiary/aromatic N) is 1. The van der Waals surface area contributed by atoms with Crippen LogP contribution in [0.2, 0.25) is 0 Å². The molecule has 0 aliphatic carbocycles. The fraction of sp³-hybridized carbons (Fsp3) is 0.364. The summed E-state index contributed by atoms with van der Waals surface area (Å²) in [6, 6.07) is 4.40. The number of hydrogen-bond acceptors (Lipinski definition) is 4. The van der Waals surface area contributed by atoms with Gasteiger partial charge in [-0.05, 0) is 41.6 Å². The third-order valence-electron chi connectivity index (χ3n) is 2.80. The molecule has 1 fully saturated rings. The van der Waals surface area contributed by atoms with E-state index in [-0.39, 0.29) is 30.0 Å². The molecule has 1 amide bonds. The zero-order valence-electron chi connectivity index (χ0n) is 9.89. The molecular formula is C11H13ClIN3O3. The predicted octanol–water partition coefficient (Wildman–Crippen LogP) is 1.71. The summed E-state index contributed by atoms with van der Waals surface area (Å²) in [5.41, 5.74) is 0.478. The number of halogens is 2. The summed E-state index contributed by atoms with van der Waals surface area (Å²) >= 11 is 1.94. The highest BCUT2D eigenvalue weighted by molar-refractivity contribution is 14.1. The molecule has 1 aromatic carbocycles. The van der Waals surface area contributed by atoms with E-state index < -0.39 is 4.92 Å². The molecule has 19 heavy (non-hydrogen) atoms. The lowest BCUT2D eigenvalue weighted by molar-refractivity contribution is -0.384. The number of rotatable bonds is 3. The Balaban J connectivity index is 0.00000180. The summed E-state index contributed by atoms with van der Waals surface area (Å²) in [4.78, 5) is 22.1. The van der Waals surface area contributed by atoms with Gasteiger partial charge in [0.1, 0.15) is 0 Å². The highest BCUT2D eigenvalue weighted by Gasteiger charge is 2.20. The van der Waals surface area contributed by atoms with Gasteiger partial charge >= 0.3 is 0 Å². The molecule has 0 saturated carbocycles. The molecule has 0 aromatic heterocycles. The lowest BCUT2D eigenvalue weighted by atomic mass is 10.1. The summed E-state index contributed by atoms with van der Waals surface area (Å²) in [7, 11) is 0. The van der Waals surface area contributed by atoms with E-state index in [1.165, 1.54) is 18.2 Å². The Bertz CT molecular complexity index is 492. The number of nitrogens with one attached hydrogen (secondary N) is 2. The standard InChI is InChI=1S/C11H12IN3O3.ClH/c12-10-5-8(15(17)18)1-2-9(10)11(16)14-7-3-4-13-6-7;/h1-2,5,7,13H,3-4,6H2,(H,14,16);1H. The van der Waals surface area contributed by atoms with Crippen LogP contribution in [0.5, 0.6) is 0 Å². The van der Waals surface area contributed by atoms with Crippen molar-refractivity contribution in [1.29, 1.82) is 0 Å². The molecule has 104 valence electrons. The van der Waals surface area contributed by atoms with E-state index in [1.54, 1.807) is 0 Å². The third kappa shape index (κ3) is 4.02. The van der Waals surface area contributed by atoms with Crippen LogP contribution in [0.15, 0.2) is 18.2 Å². The molecule has 2 N–H and O–H groups in total. The van der Waals surface area contributed by atoms with Gasteiger partial charge in [0.25, 0.3) is 11.6 Å². The summed E-state index contributed by atoms with van der Waals surface area (Å²) in [6.07, 6.45) is 0.912. The third-order valence-corrected chi connectivity index (χ3v) is 3.70.